The summed E-state index contributed by atoms with van der Waals surface area (Å²) in [6.45, 7) is 9.17. The van der Waals surface area contributed by atoms with Gasteiger partial charge in [0, 0.05) is 12.6 Å². The molecule has 1 amide bonds. The molecular weight excluding hydrogens is 180 g/mol. The van der Waals surface area contributed by atoms with E-state index in [-0.39, 0.29) is 17.6 Å². The molecule has 0 spiro atoms. The largest absolute Gasteiger partial charge is 0.448 e. The number of hydrogen-bond acceptors (Lipinski definition) is 3. The topological polar surface area (TPSA) is 50.4 Å². The first-order valence-electron chi connectivity index (χ1n) is 4.99. The molecule has 4 nitrogen and oxygen atoms in total. The van der Waals surface area contributed by atoms with Crippen LogP contribution in [0.4, 0.5) is 4.79 Å². The Morgan fingerprint density at radius 1 is 1.43 bits per heavy atom. The molecule has 0 aliphatic carbocycles. The van der Waals surface area contributed by atoms with E-state index in [4.69, 9.17) is 4.74 Å². The Kier molecular flexibility index (Phi) is 5.53. The predicted molar refractivity (Wildman–Crippen MR) is 57.3 cm³/mol. The minimum atomic E-state index is -0.350. The van der Waals surface area contributed by atoms with Crippen LogP contribution in [0.3, 0.4) is 0 Å². The van der Waals surface area contributed by atoms with Crippen molar-refractivity contribution in [2.75, 3.05) is 20.2 Å². The average molecular weight is 202 g/mol. The van der Waals surface area contributed by atoms with E-state index in [0.29, 0.717) is 13.2 Å². The van der Waals surface area contributed by atoms with Crippen molar-refractivity contribution in [3.63, 3.8) is 0 Å². The normalized spacial score (nSPS) is 13.5. The average Bonchev–Trinajstić information content (AvgIpc) is 2.03. The number of ether oxygens (including phenoxy) is 1. The highest BCUT2D eigenvalue weighted by atomic mass is 16.5. The van der Waals surface area contributed by atoms with Gasteiger partial charge in [-0.15, -0.1) is 0 Å². The summed E-state index contributed by atoms with van der Waals surface area (Å²) in [6.07, 6.45) is -0.350. The maximum Gasteiger partial charge on any atom is 0.407 e. The number of likely N-dealkylation sites (N-methyl/N-ethyl adjacent to an activating group) is 1. The Balaban J connectivity index is 3.91. The predicted octanol–water partition coefficient (Wildman–Crippen LogP) is 1.37. The van der Waals surface area contributed by atoms with Gasteiger partial charge in [0.05, 0.1) is 0 Å². The Bertz CT molecular complexity index is 175. The summed E-state index contributed by atoms with van der Waals surface area (Å²) >= 11 is 0. The lowest BCUT2D eigenvalue weighted by Gasteiger charge is -2.29. The second-order valence-electron chi connectivity index (χ2n) is 4.34. The fraction of sp³-hybridized carbons (Fsp3) is 0.900. The van der Waals surface area contributed by atoms with Crippen molar-refractivity contribution >= 4 is 6.09 Å². The van der Waals surface area contributed by atoms with Crippen molar-refractivity contribution in [2.24, 2.45) is 5.41 Å². The molecule has 84 valence electrons. The standard InChI is InChI=1S/C10H22N2O2/c1-6-12-9(13)14-7-8(11-5)10(2,3)4/h8,11H,6-7H2,1-5H3,(H,12,13)/t8-/m1/s1. The molecule has 0 bridgehead atoms. The first-order valence-corrected chi connectivity index (χ1v) is 4.99. The molecule has 0 aliphatic rings. The molecule has 0 rings (SSSR count). The molecule has 0 radical (unpaired) electrons. The highest BCUT2D eigenvalue weighted by Gasteiger charge is 2.24. The van der Waals surface area contributed by atoms with Crippen LogP contribution in [0.25, 0.3) is 0 Å². The number of alkyl carbamates (subject to hydrolysis) is 1. The van der Waals surface area contributed by atoms with Gasteiger partial charge in [-0.2, -0.15) is 0 Å². The van der Waals surface area contributed by atoms with Gasteiger partial charge in [0.25, 0.3) is 0 Å². The number of amides is 1. The third-order valence-electron chi connectivity index (χ3n) is 2.10. The summed E-state index contributed by atoms with van der Waals surface area (Å²) in [5.41, 5.74) is 0.0846. The van der Waals surface area contributed by atoms with Gasteiger partial charge in [0.1, 0.15) is 6.61 Å². The van der Waals surface area contributed by atoms with Gasteiger partial charge in [0.15, 0.2) is 0 Å². The quantitative estimate of drug-likeness (QED) is 0.724. The molecule has 0 saturated heterocycles. The van der Waals surface area contributed by atoms with E-state index in [9.17, 15) is 4.79 Å². The van der Waals surface area contributed by atoms with E-state index >= 15 is 0 Å². The third kappa shape index (κ3) is 5.07. The van der Waals surface area contributed by atoms with E-state index in [2.05, 4.69) is 31.4 Å². The fourth-order valence-electron chi connectivity index (χ4n) is 1.12. The lowest BCUT2D eigenvalue weighted by atomic mass is 9.87. The molecule has 0 saturated carbocycles. The first kappa shape index (κ1) is 13.2. The van der Waals surface area contributed by atoms with Gasteiger partial charge in [0.2, 0.25) is 0 Å². The highest BCUT2D eigenvalue weighted by molar-refractivity contribution is 5.66. The van der Waals surface area contributed by atoms with Crippen LogP contribution in [0, 0.1) is 5.41 Å². The van der Waals surface area contributed by atoms with Gasteiger partial charge < -0.3 is 15.4 Å². The number of rotatable bonds is 4. The molecule has 0 aromatic rings. The van der Waals surface area contributed by atoms with Crippen molar-refractivity contribution in [1.29, 1.82) is 0 Å². The number of carbonyl (C=O) groups excluding carboxylic acids is 1. The molecule has 2 N–H and O–H groups in total. The number of hydrogen-bond donors (Lipinski definition) is 2. The lowest BCUT2D eigenvalue weighted by Crippen LogP contribution is -2.43. The molecule has 0 fully saturated rings. The van der Waals surface area contributed by atoms with Crippen LogP contribution in [-0.2, 0) is 4.74 Å². The van der Waals surface area contributed by atoms with Crippen LogP contribution in [0.1, 0.15) is 27.7 Å². The zero-order valence-electron chi connectivity index (χ0n) is 9.81. The summed E-state index contributed by atoms with van der Waals surface area (Å²) in [6, 6.07) is 0.171. The number of carbonyl (C=O) groups is 1. The minimum absolute atomic E-state index is 0.0846. The van der Waals surface area contributed by atoms with E-state index in [1.165, 1.54) is 0 Å². The van der Waals surface area contributed by atoms with Gasteiger partial charge >= 0.3 is 6.09 Å². The molecule has 14 heavy (non-hydrogen) atoms. The number of nitrogens with one attached hydrogen (secondary N) is 2. The van der Waals surface area contributed by atoms with Crippen molar-refractivity contribution in [3.8, 4) is 0 Å². The maximum absolute atomic E-state index is 11.0. The molecule has 0 aromatic carbocycles. The van der Waals surface area contributed by atoms with Crippen LogP contribution in [-0.4, -0.2) is 32.3 Å². The van der Waals surface area contributed by atoms with Crippen LogP contribution in [0.5, 0.6) is 0 Å². The van der Waals surface area contributed by atoms with Gasteiger partial charge in [-0.25, -0.2) is 4.79 Å². The van der Waals surface area contributed by atoms with Crippen LogP contribution in [0.2, 0.25) is 0 Å². The van der Waals surface area contributed by atoms with E-state index in [0.717, 1.165) is 0 Å². The maximum atomic E-state index is 11.0. The Hall–Kier alpha value is -0.770. The molecule has 0 heterocycles. The van der Waals surface area contributed by atoms with E-state index in [1.54, 1.807) is 0 Å². The summed E-state index contributed by atoms with van der Waals surface area (Å²) in [4.78, 5) is 11.0. The highest BCUT2D eigenvalue weighted by Crippen LogP contribution is 2.18. The summed E-state index contributed by atoms with van der Waals surface area (Å²) in [7, 11) is 1.87. The molecule has 4 heteroatoms. The molecule has 0 aromatic heterocycles. The van der Waals surface area contributed by atoms with Crippen LogP contribution < -0.4 is 10.6 Å². The zero-order chi connectivity index (χ0) is 11.2. The van der Waals surface area contributed by atoms with E-state index < -0.39 is 0 Å². The van der Waals surface area contributed by atoms with Crippen molar-refractivity contribution in [3.05, 3.63) is 0 Å². The third-order valence-corrected chi connectivity index (χ3v) is 2.10. The van der Waals surface area contributed by atoms with E-state index in [1.807, 2.05) is 14.0 Å². The van der Waals surface area contributed by atoms with Crippen molar-refractivity contribution in [2.45, 2.75) is 33.7 Å². The Morgan fingerprint density at radius 3 is 2.36 bits per heavy atom. The van der Waals surface area contributed by atoms with Gasteiger partial charge in [-0.1, -0.05) is 20.8 Å². The summed E-state index contributed by atoms with van der Waals surface area (Å²) in [5, 5.41) is 5.72. The monoisotopic (exact) mass is 202 g/mol. The van der Waals surface area contributed by atoms with Gasteiger partial charge in [-0.3, -0.25) is 0 Å². The molecular formula is C10H22N2O2. The molecule has 0 unspecified atom stereocenters. The first-order chi connectivity index (χ1) is 6.41. The molecule has 0 aliphatic heterocycles. The fourth-order valence-corrected chi connectivity index (χ4v) is 1.12. The van der Waals surface area contributed by atoms with Crippen LogP contribution >= 0.6 is 0 Å². The Morgan fingerprint density at radius 2 is 2.00 bits per heavy atom. The van der Waals surface area contributed by atoms with Crippen LogP contribution in [0.15, 0.2) is 0 Å². The Labute approximate surface area is 86.4 Å². The smallest absolute Gasteiger partial charge is 0.407 e. The molecule has 1 atom stereocenters. The SMILES string of the molecule is CCNC(=O)OC[C@@H](NC)C(C)(C)C. The van der Waals surface area contributed by atoms with Crippen molar-refractivity contribution in [1.82, 2.24) is 10.6 Å². The summed E-state index contributed by atoms with van der Waals surface area (Å²) < 4.78 is 5.05. The lowest BCUT2D eigenvalue weighted by molar-refractivity contribution is 0.110. The van der Waals surface area contributed by atoms with Crippen molar-refractivity contribution < 1.29 is 9.53 Å². The zero-order valence-corrected chi connectivity index (χ0v) is 9.81. The second-order valence-corrected chi connectivity index (χ2v) is 4.34. The minimum Gasteiger partial charge on any atom is -0.448 e. The van der Waals surface area contributed by atoms with Gasteiger partial charge in [-0.05, 0) is 19.4 Å². The second kappa shape index (κ2) is 5.86. The summed E-state index contributed by atoms with van der Waals surface area (Å²) in [5.74, 6) is 0.